The zero-order valence-corrected chi connectivity index (χ0v) is 10.1. The molecule has 82 valence electrons. The lowest BCUT2D eigenvalue weighted by Crippen LogP contribution is -2.12. The predicted octanol–water partition coefficient (Wildman–Crippen LogP) is 3.78. The molecule has 1 aromatic carbocycles. The quantitative estimate of drug-likeness (QED) is 0.886. The molecule has 3 heteroatoms. The lowest BCUT2D eigenvalue weighted by Gasteiger charge is -2.12. The molecule has 2 N–H and O–H groups in total. The van der Waals surface area contributed by atoms with Crippen LogP contribution in [-0.4, -0.2) is 0 Å². The number of benzene rings is 1. The highest BCUT2D eigenvalue weighted by atomic mass is 79.9. The van der Waals surface area contributed by atoms with Crippen molar-refractivity contribution in [2.75, 3.05) is 0 Å². The van der Waals surface area contributed by atoms with Crippen LogP contribution in [0, 0.1) is 11.7 Å². The van der Waals surface area contributed by atoms with Crippen LogP contribution in [-0.2, 0) is 0 Å². The van der Waals surface area contributed by atoms with Gasteiger partial charge in [-0.15, -0.1) is 0 Å². The third-order valence-corrected chi connectivity index (χ3v) is 3.44. The summed E-state index contributed by atoms with van der Waals surface area (Å²) in [6.45, 7) is 0. The van der Waals surface area contributed by atoms with E-state index in [1.165, 1.54) is 18.9 Å². The number of rotatable bonds is 4. The van der Waals surface area contributed by atoms with E-state index in [0.29, 0.717) is 5.56 Å². The Bertz CT molecular complexity index is 349. The smallest absolute Gasteiger partial charge is 0.129 e. The van der Waals surface area contributed by atoms with Gasteiger partial charge in [-0.2, -0.15) is 0 Å². The highest BCUT2D eigenvalue weighted by Gasteiger charge is 2.22. The Morgan fingerprint density at radius 1 is 1.47 bits per heavy atom. The maximum Gasteiger partial charge on any atom is 0.129 e. The van der Waals surface area contributed by atoms with Gasteiger partial charge in [0.15, 0.2) is 0 Å². The summed E-state index contributed by atoms with van der Waals surface area (Å²) in [6.07, 6.45) is 4.69. The topological polar surface area (TPSA) is 26.0 Å². The maximum atomic E-state index is 13.5. The van der Waals surface area contributed by atoms with Crippen molar-refractivity contribution >= 4 is 15.9 Å². The van der Waals surface area contributed by atoms with Gasteiger partial charge in [-0.05, 0) is 30.9 Å². The maximum absolute atomic E-state index is 13.5. The first-order chi connectivity index (χ1) is 7.16. The van der Waals surface area contributed by atoms with Crippen LogP contribution in [0.2, 0.25) is 0 Å². The summed E-state index contributed by atoms with van der Waals surface area (Å²) in [6, 6.07) is 4.94. The van der Waals surface area contributed by atoms with E-state index in [2.05, 4.69) is 15.9 Å². The molecule has 1 atom stereocenters. The summed E-state index contributed by atoms with van der Waals surface area (Å²) >= 11 is 3.24. The zero-order chi connectivity index (χ0) is 10.8. The summed E-state index contributed by atoms with van der Waals surface area (Å²) in [4.78, 5) is 0. The van der Waals surface area contributed by atoms with Crippen LogP contribution >= 0.6 is 15.9 Å². The molecular formula is C12H15BrFN. The fraction of sp³-hybridized carbons (Fsp3) is 0.500. The Hall–Kier alpha value is -0.410. The van der Waals surface area contributed by atoms with Gasteiger partial charge in [-0.1, -0.05) is 34.8 Å². The van der Waals surface area contributed by atoms with E-state index in [9.17, 15) is 4.39 Å². The molecule has 0 bridgehead atoms. The normalized spacial score (nSPS) is 17.8. The Labute approximate surface area is 98.0 Å². The highest BCUT2D eigenvalue weighted by Crippen LogP contribution is 2.35. The largest absolute Gasteiger partial charge is 0.324 e. The van der Waals surface area contributed by atoms with Crippen LogP contribution in [0.15, 0.2) is 22.7 Å². The van der Waals surface area contributed by atoms with Crippen molar-refractivity contribution in [1.82, 2.24) is 0 Å². The van der Waals surface area contributed by atoms with E-state index < -0.39 is 0 Å². The van der Waals surface area contributed by atoms with Gasteiger partial charge in [-0.3, -0.25) is 0 Å². The van der Waals surface area contributed by atoms with E-state index in [1.807, 2.05) is 6.07 Å². The van der Waals surface area contributed by atoms with Gasteiger partial charge in [-0.25, -0.2) is 4.39 Å². The predicted molar refractivity (Wildman–Crippen MR) is 63.0 cm³/mol. The Kier molecular flexibility index (Phi) is 3.42. The van der Waals surface area contributed by atoms with Crippen LogP contribution in [0.4, 0.5) is 4.39 Å². The monoisotopic (exact) mass is 271 g/mol. The first kappa shape index (κ1) is 11.1. The number of hydrogen-bond donors (Lipinski definition) is 1. The molecule has 0 aliphatic heterocycles. The fourth-order valence-corrected chi connectivity index (χ4v) is 2.11. The van der Waals surface area contributed by atoms with E-state index in [1.54, 1.807) is 6.07 Å². The molecule has 2 rings (SSSR count). The van der Waals surface area contributed by atoms with Crippen molar-refractivity contribution in [2.45, 2.75) is 31.7 Å². The number of hydrogen-bond acceptors (Lipinski definition) is 1. The van der Waals surface area contributed by atoms with Crippen LogP contribution in [0.1, 0.15) is 37.3 Å². The molecule has 0 spiro atoms. The zero-order valence-electron chi connectivity index (χ0n) is 8.55. The van der Waals surface area contributed by atoms with Crippen molar-refractivity contribution in [3.63, 3.8) is 0 Å². The van der Waals surface area contributed by atoms with Crippen molar-refractivity contribution in [3.8, 4) is 0 Å². The van der Waals surface area contributed by atoms with Crippen molar-refractivity contribution in [3.05, 3.63) is 34.1 Å². The molecule has 1 unspecified atom stereocenters. The fourth-order valence-electron chi connectivity index (χ4n) is 1.78. The number of nitrogens with two attached hydrogens (primary N) is 1. The van der Waals surface area contributed by atoms with E-state index in [4.69, 9.17) is 5.73 Å². The summed E-state index contributed by atoms with van der Waals surface area (Å²) in [5, 5.41) is 0. The lowest BCUT2D eigenvalue weighted by atomic mass is 10.0. The Morgan fingerprint density at radius 2 is 2.20 bits per heavy atom. The van der Waals surface area contributed by atoms with Crippen LogP contribution in [0.5, 0.6) is 0 Å². The first-order valence-corrected chi connectivity index (χ1v) is 6.16. The van der Waals surface area contributed by atoms with Crippen LogP contribution in [0.3, 0.4) is 0 Å². The van der Waals surface area contributed by atoms with Crippen molar-refractivity contribution in [1.29, 1.82) is 0 Å². The second-order valence-corrected chi connectivity index (χ2v) is 5.21. The minimum Gasteiger partial charge on any atom is -0.324 e. The second kappa shape index (κ2) is 4.62. The molecule has 1 nitrogen and oxygen atoms in total. The van der Waals surface area contributed by atoms with Crippen molar-refractivity contribution < 1.29 is 4.39 Å². The second-order valence-electron chi connectivity index (χ2n) is 4.29. The summed E-state index contributed by atoms with van der Waals surface area (Å²) in [5.74, 6) is 0.655. The van der Waals surface area contributed by atoms with Gasteiger partial charge in [0.1, 0.15) is 5.82 Å². The average molecular weight is 272 g/mol. The molecule has 1 aliphatic carbocycles. The molecule has 1 saturated carbocycles. The molecule has 0 aromatic heterocycles. The van der Waals surface area contributed by atoms with Gasteiger partial charge in [0.25, 0.3) is 0 Å². The van der Waals surface area contributed by atoms with Crippen molar-refractivity contribution in [2.24, 2.45) is 11.7 Å². The molecule has 15 heavy (non-hydrogen) atoms. The Balaban J connectivity index is 1.99. The molecule has 0 saturated heterocycles. The van der Waals surface area contributed by atoms with Gasteiger partial charge in [0.2, 0.25) is 0 Å². The highest BCUT2D eigenvalue weighted by molar-refractivity contribution is 9.10. The van der Waals surface area contributed by atoms with Gasteiger partial charge >= 0.3 is 0 Å². The standard InChI is InChI=1S/C12H15BrFN/c13-9-4-5-10(11(14)7-9)12(15)6-3-8-1-2-8/h4-5,7-8,12H,1-3,6,15H2. The Morgan fingerprint density at radius 3 is 2.80 bits per heavy atom. The van der Waals surface area contributed by atoms with E-state index in [-0.39, 0.29) is 11.9 Å². The molecule has 1 aromatic rings. The SMILES string of the molecule is NC(CCC1CC1)c1ccc(Br)cc1F. The van der Waals surface area contributed by atoms with Crippen LogP contribution < -0.4 is 5.73 Å². The first-order valence-electron chi connectivity index (χ1n) is 5.37. The van der Waals surface area contributed by atoms with Gasteiger partial charge in [0, 0.05) is 16.1 Å². The minimum atomic E-state index is -0.201. The lowest BCUT2D eigenvalue weighted by molar-refractivity contribution is 0.534. The number of halogens is 2. The molecule has 0 radical (unpaired) electrons. The molecule has 1 fully saturated rings. The van der Waals surface area contributed by atoms with E-state index >= 15 is 0 Å². The molecule has 0 amide bonds. The van der Waals surface area contributed by atoms with Gasteiger partial charge in [0.05, 0.1) is 0 Å². The summed E-state index contributed by atoms with van der Waals surface area (Å²) < 4.78 is 14.3. The molecule has 1 aliphatic rings. The molecule has 0 heterocycles. The summed E-state index contributed by atoms with van der Waals surface area (Å²) in [5.41, 5.74) is 6.60. The third-order valence-electron chi connectivity index (χ3n) is 2.94. The minimum absolute atomic E-state index is 0.154. The third kappa shape index (κ3) is 3.02. The van der Waals surface area contributed by atoms with Gasteiger partial charge < -0.3 is 5.73 Å². The summed E-state index contributed by atoms with van der Waals surface area (Å²) in [7, 11) is 0. The molecular weight excluding hydrogens is 257 g/mol. The average Bonchev–Trinajstić information content (AvgIpc) is 2.97. The van der Waals surface area contributed by atoms with Crippen LogP contribution in [0.25, 0.3) is 0 Å². The van der Waals surface area contributed by atoms with E-state index in [0.717, 1.165) is 23.2 Å².